The van der Waals surface area contributed by atoms with E-state index < -0.39 is 0 Å². The van der Waals surface area contributed by atoms with Crippen molar-refractivity contribution in [1.29, 1.82) is 0 Å². The number of hydrogen-bond acceptors (Lipinski definition) is 5. The van der Waals surface area contributed by atoms with Gasteiger partial charge in [0.1, 0.15) is 0 Å². The van der Waals surface area contributed by atoms with Gasteiger partial charge in [0.25, 0.3) is 0 Å². The molecule has 1 unspecified atom stereocenters. The summed E-state index contributed by atoms with van der Waals surface area (Å²) in [4.78, 5) is 19.9. The number of aryl methyl sites for hydroxylation is 1. The average Bonchev–Trinajstić information content (AvgIpc) is 3.37. The van der Waals surface area contributed by atoms with Crippen LogP contribution in [0.15, 0.2) is 46.3 Å². The largest absolute Gasteiger partial charge is 0.339 e. The zero-order valence-electron chi connectivity index (χ0n) is 14.0. The van der Waals surface area contributed by atoms with E-state index in [1.807, 2.05) is 28.5 Å². The second-order valence-electron chi connectivity index (χ2n) is 6.23. The number of rotatable bonds is 5. The minimum absolute atomic E-state index is 0.0146. The van der Waals surface area contributed by atoms with E-state index in [2.05, 4.69) is 35.3 Å². The Morgan fingerprint density at radius 3 is 2.84 bits per heavy atom. The van der Waals surface area contributed by atoms with Crippen molar-refractivity contribution >= 4 is 22.9 Å². The predicted molar refractivity (Wildman–Crippen MR) is 97.0 cm³/mol. The number of amides is 1. The van der Waals surface area contributed by atoms with Crippen LogP contribution in [-0.2, 0) is 17.6 Å². The van der Waals surface area contributed by atoms with Crippen molar-refractivity contribution in [1.82, 2.24) is 10.1 Å². The van der Waals surface area contributed by atoms with Crippen molar-refractivity contribution in [2.75, 3.05) is 11.4 Å². The molecule has 1 aliphatic rings. The number of anilines is 1. The van der Waals surface area contributed by atoms with E-state index in [0.29, 0.717) is 31.1 Å². The van der Waals surface area contributed by atoms with Gasteiger partial charge in [-0.05, 0) is 35.6 Å². The molecule has 1 aliphatic heterocycles. The molecule has 0 saturated carbocycles. The molecule has 3 heterocycles. The van der Waals surface area contributed by atoms with Crippen LogP contribution in [0.4, 0.5) is 5.69 Å². The van der Waals surface area contributed by atoms with E-state index in [9.17, 15) is 4.79 Å². The van der Waals surface area contributed by atoms with Gasteiger partial charge in [-0.2, -0.15) is 4.98 Å². The van der Waals surface area contributed by atoms with Gasteiger partial charge < -0.3 is 9.42 Å². The quantitative estimate of drug-likeness (QED) is 0.700. The third kappa shape index (κ3) is 3.35. The van der Waals surface area contributed by atoms with Crippen molar-refractivity contribution < 1.29 is 9.32 Å². The molecule has 1 aromatic carbocycles. The second kappa shape index (κ2) is 6.80. The van der Waals surface area contributed by atoms with Gasteiger partial charge >= 0.3 is 0 Å². The monoisotopic (exact) mass is 353 g/mol. The van der Waals surface area contributed by atoms with Crippen LogP contribution in [0.2, 0.25) is 0 Å². The summed E-state index contributed by atoms with van der Waals surface area (Å²) >= 11 is 1.67. The highest BCUT2D eigenvalue weighted by atomic mass is 32.1. The molecule has 2 aromatic heterocycles. The van der Waals surface area contributed by atoms with E-state index in [1.165, 1.54) is 10.4 Å². The first kappa shape index (κ1) is 16.0. The van der Waals surface area contributed by atoms with E-state index >= 15 is 0 Å². The Labute approximate surface area is 150 Å². The Morgan fingerprint density at radius 2 is 2.12 bits per heavy atom. The maximum absolute atomic E-state index is 12.4. The van der Waals surface area contributed by atoms with E-state index in [1.54, 1.807) is 11.3 Å². The van der Waals surface area contributed by atoms with Gasteiger partial charge in [0, 0.05) is 29.4 Å². The lowest BCUT2D eigenvalue weighted by atomic mass is 10.1. The van der Waals surface area contributed by atoms with Gasteiger partial charge in [0.2, 0.25) is 11.8 Å². The fourth-order valence-electron chi connectivity index (χ4n) is 3.11. The van der Waals surface area contributed by atoms with Gasteiger partial charge in [-0.25, -0.2) is 0 Å². The number of carbonyl (C=O) groups excluding carboxylic acids is 1. The maximum atomic E-state index is 12.4. The first-order valence-electron chi connectivity index (χ1n) is 8.47. The summed E-state index contributed by atoms with van der Waals surface area (Å²) in [6.45, 7) is 2.72. The fraction of sp³-hybridized carbons (Fsp3) is 0.316. The molecule has 1 atom stereocenters. The zero-order chi connectivity index (χ0) is 17.2. The summed E-state index contributed by atoms with van der Waals surface area (Å²) < 4.78 is 5.37. The molecule has 1 saturated heterocycles. The Balaban J connectivity index is 1.47. The van der Waals surface area contributed by atoms with Gasteiger partial charge in [-0.15, -0.1) is 11.3 Å². The minimum Gasteiger partial charge on any atom is -0.339 e. The summed E-state index contributed by atoms with van der Waals surface area (Å²) in [5.41, 5.74) is 2.20. The van der Waals surface area contributed by atoms with Crippen LogP contribution in [-0.4, -0.2) is 22.6 Å². The predicted octanol–water partition coefficient (Wildman–Crippen LogP) is 3.80. The van der Waals surface area contributed by atoms with Crippen LogP contribution >= 0.6 is 11.3 Å². The van der Waals surface area contributed by atoms with Crippen LogP contribution in [0.3, 0.4) is 0 Å². The van der Waals surface area contributed by atoms with Gasteiger partial charge in [0.05, 0.1) is 6.42 Å². The average molecular weight is 353 g/mol. The van der Waals surface area contributed by atoms with Crippen molar-refractivity contribution in [3.63, 3.8) is 0 Å². The number of hydrogen-bond donors (Lipinski definition) is 0. The van der Waals surface area contributed by atoms with E-state index in [0.717, 1.165) is 12.1 Å². The molecule has 128 valence electrons. The fourth-order valence-corrected chi connectivity index (χ4v) is 3.81. The molecule has 0 radical (unpaired) electrons. The summed E-state index contributed by atoms with van der Waals surface area (Å²) in [6.07, 6.45) is 2.06. The van der Waals surface area contributed by atoms with Crippen LogP contribution in [0, 0.1) is 0 Å². The van der Waals surface area contributed by atoms with Crippen molar-refractivity contribution in [2.45, 2.75) is 32.1 Å². The van der Waals surface area contributed by atoms with Crippen LogP contribution in [0.25, 0.3) is 0 Å². The lowest BCUT2D eigenvalue weighted by molar-refractivity contribution is -0.117. The lowest BCUT2D eigenvalue weighted by Crippen LogP contribution is -2.24. The van der Waals surface area contributed by atoms with Gasteiger partial charge in [-0.3, -0.25) is 4.79 Å². The Morgan fingerprint density at radius 1 is 1.28 bits per heavy atom. The summed E-state index contributed by atoms with van der Waals surface area (Å²) in [7, 11) is 0. The molecule has 1 amide bonds. The first-order chi connectivity index (χ1) is 12.2. The molecule has 0 aliphatic carbocycles. The highest BCUT2D eigenvalue weighted by molar-refractivity contribution is 7.09. The smallest absolute Gasteiger partial charge is 0.231 e. The third-order valence-electron chi connectivity index (χ3n) is 4.54. The molecule has 3 aromatic rings. The first-order valence-corrected chi connectivity index (χ1v) is 9.35. The SMILES string of the molecule is CCc1ccc(N2CC(c3noc(Cc4cccs4)n3)CC2=O)cc1. The number of aromatic nitrogens is 2. The number of benzene rings is 1. The Hall–Kier alpha value is -2.47. The standard InChI is InChI=1S/C19H19N3O2S/c1-2-13-5-7-15(8-6-13)22-12-14(10-18(22)23)19-20-17(24-21-19)11-16-4-3-9-25-16/h3-9,14H,2,10-12H2,1H3. The van der Waals surface area contributed by atoms with Gasteiger partial charge in [-0.1, -0.05) is 30.3 Å². The number of carbonyl (C=O) groups is 1. The van der Waals surface area contributed by atoms with Crippen LogP contribution in [0.5, 0.6) is 0 Å². The Bertz CT molecular complexity index is 855. The molecule has 0 N–H and O–H groups in total. The van der Waals surface area contributed by atoms with Crippen molar-refractivity contribution in [2.24, 2.45) is 0 Å². The molecule has 0 bridgehead atoms. The summed E-state index contributed by atoms with van der Waals surface area (Å²) in [5, 5.41) is 6.14. The summed E-state index contributed by atoms with van der Waals surface area (Å²) in [5.74, 6) is 1.33. The van der Waals surface area contributed by atoms with Crippen molar-refractivity contribution in [3.8, 4) is 0 Å². The summed E-state index contributed by atoms with van der Waals surface area (Å²) in [6, 6.07) is 12.2. The molecule has 6 heteroatoms. The normalized spacial score (nSPS) is 17.4. The number of nitrogens with zero attached hydrogens (tertiary/aromatic N) is 3. The highest BCUT2D eigenvalue weighted by Crippen LogP contribution is 2.31. The molecular formula is C19H19N3O2S. The van der Waals surface area contributed by atoms with Gasteiger partial charge in [0.15, 0.2) is 5.82 Å². The van der Waals surface area contributed by atoms with E-state index in [4.69, 9.17) is 4.52 Å². The topological polar surface area (TPSA) is 59.2 Å². The number of thiophene rings is 1. The third-order valence-corrected chi connectivity index (χ3v) is 5.41. The minimum atomic E-state index is -0.0146. The van der Waals surface area contributed by atoms with E-state index in [-0.39, 0.29) is 11.8 Å². The molecule has 25 heavy (non-hydrogen) atoms. The molecular weight excluding hydrogens is 334 g/mol. The molecule has 1 fully saturated rings. The van der Waals surface area contributed by atoms with Crippen LogP contribution in [0.1, 0.15) is 41.4 Å². The Kier molecular flexibility index (Phi) is 4.36. The highest BCUT2D eigenvalue weighted by Gasteiger charge is 2.34. The second-order valence-corrected chi connectivity index (χ2v) is 7.26. The maximum Gasteiger partial charge on any atom is 0.231 e. The lowest BCUT2D eigenvalue weighted by Gasteiger charge is -2.16. The van der Waals surface area contributed by atoms with Crippen LogP contribution < -0.4 is 4.90 Å². The zero-order valence-corrected chi connectivity index (χ0v) is 14.8. The molecule has 5 nitrogen and oxygen atoms in total. The van der Waals surface area contributed by atoms with Crippen molar-refractivity contribution in [3.05, 3.63) is 63.9 Å². The molecule has 0 spiro atoms. The molecule has 4 rings (SSSR count).